The SMILES string of the molecule is CCc1cccc(N(C#N)CC(=O)NCc2ccco2)c1. The zero-order valence-corrected chi connectivity index (χ0v) is 11.9. The number of benzene rings is 1. The Morgan fingerprint density at radius 2 is 2.24 bits per heavy atom. The summed E-state index contributed by atoms with van der Waals surface area (Å²) in [5.74, 6) is 0.453. The van der Waals surface area contributed by atoms with Crippen LogP contribution in [-0.2, 0) is 17.8 Å². The van der Waals surface area contributed by atoms with Gasteiger partial charge in [0, 0.05) is 0 Å². The molecule has 2 aromatic rings. The van der Waals surface area contributed by atoms with Crippen LogP contribution in [0.1, 0.15) is 18.2 Å². The molecule has 5 nitrogen and oxygen atoms in total. The molecule has 0 saturated carbocycles. The van der Waals surface area contributed by atoms with Crippen molar-refractivity contribution in [1.29, 1.82) is 5.26 Å². The van der Waals surface area contributed by atoms with Crippen LogP contribution >= 0.6 is 0 Å². The van der Waals surface area contributed by atoms with E-state index in [0.29, 0.717) is 12.3 Å². The fraction of sp³-hybridized carbons (Fsp3) is 0.250. The van der Waals surface area contributed by atoms with E-state index in [1.165, 1.54) is 4.90 Å². The van der Waals surface area contributed by atoms with Crippen LogP contribution in [0.3, 0.4) is 0 Å². The minimum atomic E-state index is -0.227. The highest BCUT2D eigenvalue weighted by atomic mass is 16.3. The summed E-state index contributed by atoms with van der Waals surface area (Å²) in [4.78, 5) is 13.3. The summed E-state index contributed by atoms with van der Waals surface area (Å²) in [6.07, 6.45) is 4.48. The average Bonchev–Trinajstić information content (AvgIpc) is 3.04. The molecule has 1 heterocycles. The van der Waals surface area contributed by atoms with E-state index < -0.39 is 0 Å². The van der Waals surface area contributed by atoms with Crippen LogP contribution < -0.4 is 10.2 Å². The van der Waals surface area contributed by atoms with Gasteiger partial charge in [0.25, 0.3) is 0 Å². The molecule has 1 N–H and O–H groups in total. The lowest BCUT2D eigenvalue weighted by molar-refractivity contribution is -0.119. The first-order valence-corrected chi connectivity index (χ1v) is 6.78. The van der Waals surface area contributed by atoms with Crippen LogP contribution in [-0.4, -0.2) is 12.5 Å². The number of carbonyl (C=O) groups excluding carboxylic acids is 1. The lowest BCUT2D eigenvalue weighted by atomic mass is 10.1. The molecule has 0 bridgehead atoms. The second-order valence-electron chi connectivity index (χ2n) is 4.57. The number of aryl methyl sites for hydroxylation is 1. The van der Waals surface area contributed by atoms with E-state index >= 15 is 0 Å². The molecular weight excluding hydrogens is 266 g/mol. The van der Waals surface area contributed by atoms with Crippen molar-refractivity contribution in [2.45, 2.75) is 19.9 Å². The molecule has 1 aromatic heterocycles. The van der Waals surface area contributed by atoms with Crippen molar-refractivity contribution in [3.63, 3.8) is 0 Å². The van der Waals surface area contributed by atoms with Gasteiger partial charge in [0.15, 0.2) is 6.19 Å². The molecule has 0 spiro atoms. The lowest BCUT2D eigenvalue weighted by Crippen LogP contribution is -2.34. The molecule has 1 amide bonds. The second kappa shape index (κ2) is 7.15. The third-order valence-electron chi connectivity index (χ3n) is 3.09. The van der Waals surface area contributed by atoms with Gasteiger partial charge in [-0.25, -0.2) is 0 Å². The maximum atomic E-state index is 11.9. The quantitative estimate of drug-likeness (QED) is 0.653. The largest absolute Gasteiger partial charge is 0.467 e. The van der Waals surface area contributed by atoms with E-state index in [1.807, 2.05) is 37.4 Å². The smallest absolute Gasteiger partial charge is 0.241 e. The van der Waals surface area contributed by atoms with Crippen molar-refractivity contribution < 1.29 is 9.21 Å². The molecule has 0 fully saturated rings. The predicted molar refractivity (Wildman–Crippen MR) is 79.3 cm³/mol. The summed E-state index contributed by atoms with van der Waals surface area (Å²) in [5, 5.41) is 11.9. The third-order valence-corrected chi connectivity index (χ3v) is 3.09. The Kier molecular flexibility index (Phi) is 4.99. The van der Waals surface area contributed by atoms with Crippen molar-refractivity contribution in [1.82, 2.24) is 5.32 Å². The normalized spacial score (nSPS) is 9.90. The topological polar surface area (TPSA) is 69.3 Å². The van der Waals surface area contributed by atoms with E-state index in [-0.39, 0.29) is 12.5 Å². The van der Waals surface area contributed by atoms with Gasteiger partial charge in [-0.1, -0.05) is 19.1 Å². The zero-order valence-electron chi connectivity index (χ0n) is 11.9. The monoisotopic (exact) mass is 283 g/mol. The van der Waals surface area contributed by atoms with Gasteiger partial charge in [-0.3, -0.25) is 9.69 Å². The molecule has 2 rings (SSSR count). The molecule has 0 atom stereocenters. The van der Waals surface area contributed by atoms with Crippen molar-refractivity contribution in [3.8, 4) is 6.19 Å². The zero-order chi connectivity index (χ0) is 15.1. The highest BCUT2D eigenvalue weighted by Gasteiger charge is 2.11. The number of furan rings is 1. The van der Waals surface area contributed by atoms with Gasteiger partial charge in [0.2, 0.25) is 5.91 Å². The number of hydrogen-bond donors (Lipinski definition) is 1. The van der Waals surface area contributed by atoms with Gasteiger partial charge in [-0.15, -0.1) is 0 Å². The lowest BCUT2D eigenvalue weighted by Gasteiger charge is -2.16. The van der Waals surface area contributed by atoms with Crippen LogP contribution in [0, 0.1) is 11.5 Å². The number of hydrogen-bond acceptors (Lipinski definition) is 4. The minimum absolute atomic E-state index is 0.00955. The molecule has 108 valence electrons. The van der Waals surface area contributed by atoms with Crippen LogP contribution in [0.25, 0.3) is 0 Å². The van der Waals surface area contributed by atoms with E-state index in [4.69, 9.17) is 4.42 Å². The molecule has 0 unspecified atom stereocenters. The molecule has 0 aliphatic carbocycles. The molecule has 0 aliphatic heterocycles. The van der Waals surface area contributed by atoms with Crippen molar-refractivity contribution in [2.24, 2.45) is 0 Å². The Hall–Kier alpha value is -2.74. The van der Waals surface area contributed by atoms with Crippen molar-refractivity contribution >= 4 is 11.6 Å². The Labute approximate surface area is 123 Å². The maximum Gasteiger partial charge on any atom is 0.241 e. The van der Waals surface area contributed by atoms with Gasteiger partial charge in [0.05, 0.1) is 18.5 Å². The number of anilines is 1. The fourth-order valence-corrected chi connectivity index (χ4v) is 1.93. The van der Waals surface area contributed by atoms with E-state index in [9.17, 15) is 10.1 Å². The first kappa shape index (κ1) is 14.7. The highest BCUT2D eigenvalue weighted by molar-refractivity contribution is 5.82. The molecule has 5 heteroatoms. The number of rotatable bonds is 6. The molecule has 0 radical (unpaired) electrons. The number of nitriles is 1. The second-order valence-corrected chi connectivity index (χ2v) is 4.57. The van der Waals surface area contributed by atoms with Gasteiger partial charge >= 0.3 is 0 Å². The molecular formula is C16H17N3O2. The minimum Gasteiger partial charge on any atom is -0.467 e. The third kappa shape index (κ3) is 4.11. The fourth-order valence-electron chi connectivity index (χ4n) is 1.93. The van der Waals surface area contributed by atoms with Crippen molar-refractivity contribution in [3.05, 3.63) is 54.0 Å². The van der Waals surface area contributed by atoms with Gasteiger partial charge < -0.3 is 9.73 Å². The summed E-state index contributed by atoms with van der Waals surface area (Å²) in [7, 11) is 0. The van der Waals surface area contributed by atoms with E-state index in [1.54, 1.807) is 18.4 Å². The molecule has 0 aliphatic rings. The predicted octanol–water partition coefficient (Wildman–Crippen LogP) is 2.45. The maximum absolute atomic E-state index is 11.9. The van der Waals surface area contributed by atoms with Gasteiger partial charge in [-0.2, -0.15) is 5.26 Å². The first-order valence-electron chi connectivity index (χ1n) is 6.78. The van der Waals surface area contributed by atoms with Gasteiger partial charge in [-0.05, 0) is 36.2 Å². The van der Waals surface area contributed by atoms with E-state index in [2.05, 4.69) is 5.32 Å². The Bertz CT molecular complexity index is 629. The van der Waals surface area contributed by atoms with Crippen LogP contribution in [0.2, 0.25) is 0 Å². The molecule has 0 saturated heterocycles. The summed E-state index contributed by atoms with van der Waals surface area (Å²) < 4.78 is 5.14. The molecule has 21 heavy (non-hydrogen) atoms. The number of carbonyl (C=O) groups is 1. The number of nitrogens with zero attached hydrogens (tertiary/aromatic N) is 2. The van der Waals surface area contributed by atoms with Crippen LogP contribution in [0.4, 0.5) is 5.69 Å². The summed E-state index contributed by atoms with van der Waals surface area (Å²) in [5.41, 5.74) is 1.86. The first-order chi connectivity index (χ1) is 10.2. The Balaban J connectivity index is 1.95. The Morgan fingerprint density at radius 1 is 1.38 bits per heavy atom. The number of nitrogens with one attached hydrogen (secondary N) is 1. The standard InChI is InChI=1S/C16H17N3O2/c1-2-13-5-3-6-14(9-13)19(12-17)11-16(20)18-10-15-7-4-8-21-15/h3-9H,2,10-11H2,1H3,(H,18,20). The number of amides is 1. The highest BCUT2D eigenvalue weighted by Crippen LogP contribution is 2.15. The summed E-state index contributed by atoms with van der Waals surface area (Å²) >= 11 is 0. The van der Waals surface area contributed by atoms with Crippen LogP contribution in [0.5, 0.6) is 0 Å². The summed E-state index contributed by atoms with van der Waals surface area (Å²) in [6, 6.07) is 11.2. The summed E-state index contributed by atoms with van der Waals surface area (Å²) in [6.45, 7) is 2.36. The van der Waals surface area contributed by atoms with E-state index in [0.717, 1.165) is 17.7 Å². The Morgan fingerprint density at radius 3 is 2.90 bits per heavy atom. The van der Waals surface area contributed by atoms with Crippen molar-refractivity contribution in [2.75, 3.05) is 11.4 Å². The van der Waals surface area contributed by atoms with Crippen LogP contribution in [0.15, 0.2) is 47.1 Å². The van der Waals surface area contributed by atoms with Gasteiger partial charge in [0.1, 0.15) is 12.3 Å². The average molecular weight is 283 g/mol. The molecule has 1 aromatic carbocycles.